The highest BCUT2D eigenvalue weighted by molar-refractivity contribution is 8.02. The van der Waals surface area contributed by atoms with Crippen LogP contribution in [0, 0.1) is 0 Å². The molecule has 1 atom stereocenters. The van der Waals surface area contributed by atoms with Crippen LogP contribution < -0.4 is 5.32 Å². The molecule has 1 unspecified atom stereocenters. The molecule has 1 aromatic heterocycles. The molecule has 1 N–H and O–H groups in total. The van der Waals surface area contributed by atoms with E-state index in [0.29, 0.717) is 18.8 Å². The Bertz CT molecular complexity index is 1180. The van der Waals surface area contributed by atoms with E-state index >= 15 is 0 Å². The summed E-state index contributed by atoms with van der Waals surface area (Å²) in [5, 5.41) is 17.9. The van der Waals surface area contributed by atoms with Crippen molar-refractivity contribution in [1.29, 1.82) is 0 Å². The summed E-state index contributed by atoms with van der Waals surface area (Å²) in [4.78, 5) is 14.4. The van der Waals surface area contributed by atoms with E-state index < -0.39 is 0 Å². The Morgan fingerprint density at radius 2 is 1.81 bits per heavy atom. The SMILES string of the molecule is CCCCn1nnnc1-c1ccccc1-c1ccc(CNC2SC=C(C(=O)OCC)N2CCC)cc1. The van der Waals surface area contributed by atoms with Gasteiger partial charge in [0.15, 0.2) is 5.82 Å². The standard InChI is InChI=1S/C27H34N6O2S/c1-4-7-17-33-25(29-30-31-33)23-11-9-8-10-22(23)21-14-12-20(13-15-21)18-28-27-32(16-5-2)24(19-36-27)26(34)35-6-3/h8-15,19,27-28H,4-7,16-18H2,1-3H3. The van der Waals surface area contributed by atoms with Gasteiger partial charge in [0, 0.05) is 30.6 Å². The molecule has 1 aliphatic rings. The zero-order valence-electron chi connectivity index (χ0n) is 21.2. The third-order valence-electron chi connectivity index (χ3n) is 6.02. The number of carbonyl (C=O) groups is 1. The van der Waals surface area contributed by atoms with Gasteiger partial charge in [-0.25, -0.2) is 9.48 Å². The summed E-state index contributed by atoms with van der Waals surface area (Å²) in [5.41, 5.74) is 5.06. The Hall–Kier alpha value is -3.17. The van der Waals surface area contributed by atoms with Crippen molar-refractivity contribution in [2.75, 3.05) is 13.2 Å². The molecular formula is C27H34N6O2S. The molecule has 9 heteroatoms. The Morgan fingerprint density at radius 3 is 2.53 bits per heavy atom. The maximum Gasteiger partial charge on any atom is 0.355 e. The molecule has 2 heterocycles. The van der Waals surface area contributed by atoms with Crippen LogP contribution in [-0.2, 0) is 22.6 Å². The Morgan fingerprint density at radius 1 is 1.03 bits per heavy atom. The smallest absolute Gasteiger partial charge is 0.355 e. The van der Waals surface area contributed by atoms with Crippen molar-refractivity contribution in [3.8, 4) is 22.5 Å². The summed E-state index contributed by atoms with van der Waals surface area (Å²) >= 11 is 1.61. The number of ether oxygens (including phenoxy) is 1. The van der Waals surface area contributed by atoms with Crippen LogP contribution in [-0.4, -0.2) is 49.7 Å². The van der Waals surface area contributed by atoms with Crippen LogP contribution in [0.3, 0.4) is 0 Å². The number of carbonyl (C=O) groups excluding carboxylic acids is 1. The van der Waals surface area contributed by atoms with E-state index in [0.717, 1.165) is 54.9 Å². The zero-order valence-corrected chi connectivity index (χ0v) is 22.0. The second-order valence-electron chi connectivity index (χ2n) is 8.61. The van der Waals surface area contributed by atoms with Gasteiger partial charge >= 0.3 is 5.97 Å². The predicted molar refractivity (Wildman–Crippen MR) is 144 cm³/mol. The molecule has 2 aromatic carbocycles. The fourth-order valence-corrected chi connectivity index (χ4v) is 5.23. The topological polar surface area (TPSA) is 85.2 Å². The first-order chi connectivity index (χ1) is 17.7. The number of aromatic nitrogens is 4. The van der Waals surface area contributed by atoms with Gasteiger partial charge in [0.2, 0.25) is 0 Å². The molecule has 0 radical (unpaired) electrons. The largest absolute Gasteiger partial charge is 0.461 e. The van der Waals surface area contributed by atoms with E-state index in [2.05, 4.69) is 76.0 Å². The summed E-state index contributed by atoms with van der Waals surface area (Å²) in [5.74, 6) is 0.537. The van der Waals surface area contributed by atoms with Crippen molar-refractivity contribution in [3.05, 3.63) is 65.2 Å². The quantitative estimate of drug-likeness (QED) is 0.342. The number of hydrogen-bond acceptors (Lipinski definition) is 8. The van der Waals surface area contributed by atoms with Crippen molar-refractivity contribution in [2.45, 2.75) is 58.6 Å². The molecule has 0 saturated carbocycles. The van der Waals surface area contributed by atoms with E-state index in [1.165, 1.54) is 5.56 Å². The zero-order chi connectivity index (χ0) is 25.3. The molecule has 3 aromatic rings. The maximum atomic E-state index is 12.3. The van der Waals surface area contributed by atoms with Crippen LogP contribution in [0.1, 0.15) is 45.6 Å². The minimum atomic E-state index is -0.258. The van der Waals surface area contributed by atoms with Crippen LogP contribution in [0.5, 0.6) is 0 Å². The number of tetrazole rings is 1. The number of nitrogens with one attached hydrogen (secondary N) is 1. The average Bonchev–Trinajstić information content (AvgIpc) is 3.54. The van der Waals surface area contributed by atoms with Crippen molar-refractivity contribution in [1.82, 2.24) is 30.4 Å². The summed E-state index contributed by atoms with van der Waals surface area (Å²) in [6, 6.07) is 16.8. The monoisotopic (exact) mass is 506 g/mol. The molecule has 0 aliphatic carbocycles. The van der Waals surface area contributed by atoms with E-state index in [-0.39, 0.29) is 11.5 Å². The molecule has 0 bridgehead atoms. The van der Waals surface area contributed by atoms with Crippen molar-refractivity contribution in [3.63, 3.8) is 0 Å². The fraction of sp³-hybridized carbons (Fsp3) is 0.407. The molecule has 0 saturated heterocycles. The fourth-order valence-electron chi connectivity index (χ4n) is 4.20. The van der Waals surface area contributed by atoms with Crippen molar-refractivity contribution >= 4 is 17.7 Å². The number of nitrogens with zero attached hydrogens (tertiary/aromatic N) is 5. The van der Waals surface area contributed by atoms with Crippen LogP contribution >= 0.6 is 11.8 Å². The highest BCUT2D eigenvalue weighted by Crippen LogP contribution is 2.32. The lowest BCUT2D eigenvalue weighted by Gasteiger charge is -2.28. The third-order valence-corrected chi connectivity index (χ3v) is 7.06. The molecule has 0 amide bonds. The van der Waals surface area contributed by atoms with Crippen LogP contribution in [0.15, 0.2) is 59.6 Å². The lowest BCUT2D eigenvalue weighted by atomic mass is 9.98. The van der Waals surface area contributed by atoms with E-state index in [1.807, 2.05) is 29.1 Å². The van der Waals surface area contributed by atoms with E-state index in [4.69, 9.17) is 4.74 Å². The van der Waals surface area contributed by atoms with Crippen LogP contribution in [0.25, 0.3) is 22.5 Å². The van der Waals surface area contributed by atoms with Gasteiger partial charge in [-0.1, -0.05) is 80.6 Å². The van der Waals surface area contributed by atoms with Gasteiger partial charge in [-0.3, -0.25) is 5.32 Å². The van der Waals surface area contributed by atoms with Crippen LogP contribution in [0.4, 0.5) is 0 Å². The summed E-state index contributed by atoms with van der Waals surface area (Å²) in [6.45, 7) is 8.78. The number of rotatable bonds is 12. The highest BCUT2D eigenvalue weighted by Gasteiger charge is 2.30. The second-order valence-corrected chi connectivity index (χ2v) is 9.56. The Balaban J connectivity index is 1.45. The molecule has 0 spiro atoms. The molecular weight excluding hydrogens is 472 g/mol. The van der Waals surface area contributed by atoms with Crippen LogP contribution in [0.2, 0.25) is 0 Å². The number of unbranched alkanes of at least 4 members (excludes halogenated alkanes) is 1. The van der Waals surface area contributed by atoms with Gasteiger partial charge in [-0.05, 0) is 46.9 Å². The van der Waals surface area contributed by atoms with Crippen molar-refractivity contribution in [2.24, 2.45) is 0 Å². The first-order valence-electron chi connectivity index (χ1n) is 12.6. The van der Waals surface area contributed by atoms with Gasteiger partial charge < -0.3 is 9.64 Å². The highest BCUT2D eigenvalue weighted by atomic mass is 32.2. The van der Waals surface area contributed by atoms with Gasteiger partial charge in [0.1, 0.15) is 11.2 Å². The Labute approximate surface area is 217 Å². The normalized spacial score (nSPS) is 15.2. The molecule has 36 heavy (non-hydrogen) atoms. The lowest BCUT2D eigenvalue weighted by Crippen LogP contribution is -2.41. The van der Waals surface area contributed by atoms with E-state index in [9.17, 15) is 4.79 Å². The first-order valence-corrected chi connectivity index (χ1v) is 13.6. The molecule has 8 nitrogen and oxygen atoms in total. The minimum Gasteiger partial charge on any atom is -0.461 e. The minimum absolute atomic E-state index is 0.00624. The summed E-state index contributed by atoms with van der Waals surface area (Å²) < 4.78 is 7.12. The van der Waals surface area contributed by atoms with Gasteiger partial charge in [0.05, 0.1) is 6.61 Å². The predicted octanol–water partition coefficient (Wildman–Crippen LogP) is 5.04. The van der Waals surface area contributed by atoms with Gasteiger partial charge in [-0.15, -0.1) is 5.10 Å². The summed E-state index contributed by atoms with van der Waals surface area (Å²) in [7, 11) is 0. The number of aryl methyl sites for hydroxylation is 1. The second kappa shape index (κ2) is 12.7. The van der Waals surface area contributed by atoms with Gasteiger partial charge in [-0.2, -0.15) is 0 Å². The van der Waals surface area contributed by atoms with Gasteiger partial charge in [0.25, 0.3) is 0 Å². The number of thioether (sulfide) groups is 1. The third kappa shape index (κ3) is 5.96. The first kappa shape index (κ1) is 25.9. The van der Waals surface area contributed by atoms with E-state index in [1.54, 1.807) is 11.8 Å². The lowest BCUT2D eigenvalue weighted by molar-refractivity contribution is -0.140. The molecule has 190 valence electrons. The number of esters is 1. The number of hydrogen-bond donors (Lipinski definition) is 1. The van der Waals surface area contributed by atoms with Crippen molar-refractivity contribution < 1.29 is 9.53 Å². The summed E-state index contributed by atoms with van der Waals surface area (Å²) in [6.07, 6.45) is 3.07. The Kier molecular flexibility index (Phi) is 9.13. The number of benzene rings is 2. The maximum absolute atomic E-state index is 12.3. The molecule has 0 fully saturated rings. The molecule has 4 rings (SSSR count). The molecule has 1 aliphatic heterocycles. The average molecular weight is 507 g/mol.